The fraction of sp³-hybridized carbons (Fsp3) is 0.889. The van der Waals surface area contributed by atoms with Crippen LogP contribution >= 0.6 is 7.60 Å². The lowest BCUT2D eigenvalue weighted by Crippen LogP contribution is -2.11. The van der Waals surface area contributed by atoms with Crippen molar-refractivity contribution in [3.63, 3.8) is 0 Å². The summed E-state index contributed by atoms with van der Waals surface area (Å²) in [6, 6.07) is 0. The minimum absolute atomic E-state index is 0.0349. The van der Waals surface area contributed by atoms with Crippen LogP contribution in [-0.2, 0) is 18.3 Å². The second kappa shape index (κ2) is 6.57. The quantitative estimate of drug-likeness (QED) is 0.622. The van der Waals surface area contributed by atoms with Gasteiger partial charge in [0.15, 0.2) is 0 Å². The van der Waals surface area contributed by atoms with Crippen LogP contribution in [-0.4, -0.2) is 25.2 Å². The van der Waals surface area contributed by atoms with E-state index in [1.54, 1.807) is 27.7 Å². The van der Waals surface area contributed by atoms with Crippen LogP contribution in [0, 0.1) is 6.92 Å². The van der Waals surface area contributed by atoms with Gasteiger partial charge in [-0.15, -0.1) is 0 Å². The highest BCUT2D eigenvalue weighted by atomic mass is 31.2. The van der Waals surface area contributed by atoms with Crippen molar-refractivity contribution in [2.45, 2.75) is 39.9 Å². The molecule has 0 saturated heterocycles. The Balaban J connectivity index is 4.26. The Morgan fingerprint density at radius 1 is 1.14 bits per heavy atom. The summed E-state index contributed by atoms with van der Waals surface area (Å²) in [7, 11) is -3.11. The van der Waals surface area contributed by atoms with E-state index in [9.17, 15) is 4.57 Å². The zero-order chi connectivity index (χ0) is 11.2. The molecule has 85 valence electrons. The fourth-order valence-corrected chi connectivity index (χ4v) is 2.71. The number of hydrogen-bond acceptors (Lipinski definition) is 4. The first-order valence-corrected chi connectivity index (χ1v) is 6.45. The summed E-state index contributed by atoms with van der Waals surface area (Å²) in [6.45, 7) is 11.0. The molecule has 0 spiro atoms. The van der Waals surface area contributed by atoms with Gasteiger partial charge >= 0.3 is 7.60 Å². The monoisotopic (exact) mass is 223 g/mol. The molecule has 0 bridgehead atoms. The summed E-state index contributed by atoms with van der Waals surface area (Å²) in [6.07, 6.45) is -0.326. The van der Waals surface area contributed by atoms with E-state index in [4.69, 9.17) is 13.8 Å². The first-order valence-electron chi connectivity index (χ1n) is 4.72. The molecule has 0 fully saturated rings. The number of rotatable bonds is 7. The summed E-state index contributed by atoms with van der Waals surface area (Å²) in [5.74, 6) is 0. The van der Waals surface area contributed by atoms with E-state index >= 15 is 0 Å². The predicted octanol–water partition coefficient (Wildman–Crippen LogP) is 2.84. The van der Waals surface area contributed by atoms with Crippen molar-refractivity contribution in [1.29, 1.82) is 0 Å². The SMILES string of the molecule is [CH2]COCP(=O)(OC(C)C)OC(C)C. The molecular weight excluding hydrogens is 203 g/mol. The molecule has 0 aromatic carbocycles. The van der Waals surface area contributed by atoms with E-state index in [0.29, 0.717) is 0 Å². The molecular formula is C9H20O4P. The molecule has 0 aliphatic heterocycles. The summed E-state index contributed by atoms with van der Waals surface area (Å²) in [5.41, 5.74) is 0. The first kappa shape index (κ1) is 14.1. The van der Waals surface area contributed by atoms with Crippen LogP contribution < -0.4 is 0 Å². The summed E-state index contributed by atoms with van der Waals surface area (Å²) >= 11 is 0. The second-order valence-electron chi connectivity index (χ2n) is 3.46. The topological polar surface area (TPSA) is 44.8 Å². The van der Waals surface area contributed by atoms with E-state index in [1.807, 2.05) is 0 Å². The van der Waals surface area contributed by atoms with Gasteiger partial charge in [-0.1, -0.05) is 0 Å². The maximum Gasteiger partial charge on any atom is 0.356 e. The largest absolute Gasteiger partial charge is 0.369 e. The molecule has 14 heavy (non-hydrogen) atoms. The lowest BCUT2D eigenvalue weighted by atomic mass is 10.5. The van der Waals surface area contributed by atoms with E-state index in [2.05, 4.69) is 6.92 Å². The highest BCUT2D eigenvalue weighted by Crippen LogP contribution is 2.50. The molecule has 0 saturated carbocycles. The molecule has 5 heteroatoms. The number of hydrogen-bond donors (Lipinski definition) is 0. The maximum atomic E-state index is 12.0. The van der Waals surface area contributed by atoms with Crippen LogP contribution in [0.1, 0.15) is 27.7 Å². The fourth-order valence-electron chi connectivity index (χ4n) is 0.904. The average molecular weight is 223 g/mol. The van der Waals surface area contributed by atoms with Gasteiger partial charge in [-0.3, -0.25) is 4.57 Å². The molecule has 0 unspecified atom stereocenters. The Hall–Kier alpha value is 0.110. The molecule has 0 rings (SSSR count). The predicted molar refractivity (Wildman–Crippen MR) is 56.2 cm³/mol. The lowest BCUT2D eigenvalue weighted by Gasteiger charge is -2.22. The first-order chi connectivity index (χ1) is 6.39. The second-order valence-corrected chi connectivity index (χ2v) is 5.36. The lowest BCUT2D eigenvalue weighted by molar-refractivity contribution is 0.107. The van der Waals surface area contributed by atoms with Crippen molar-refractivity contribution < 1.29 is 18.3 Å². The molecule has 0 atom stereocenters. The van der Waals surface area contributed by atoms with Gasteiger partial charge in [-0.05, 0) is 34.6 Å². The van der Waals surface area contributed by atoms with E-state index in [-0.39, 0.29) is 25.2 Å². The van der Waals surface area contributed by atoms with Crippen LogP contribution in [0.15, 0.2) is 0 Å². The third kappa shape index (κ3) is 6.55. The van der Waals surface area contributed by atoms with Gasteiger partial charge in [-0.2, -0.15) is 0 Å². The van der Waals surface area contributed by atoms with E-state index in [0.717, 1.165) is 0 Å². The van der Waals surface area contributed by atoms with Gasteiger partial charge in [-0.25, -0.2) is 0 Å². The zero-order valence-electron chi connectivity index (χ0n) is 9.36. The van der Waals surface area contributed by atoms with Crippen LogP contribution in [0.2, 0.25) is 0 Å². The van der Waals surface area contributed by atoms with Crippen molar-refractivity contribution in [3.8, 4) is 0 Å². The van der Waals surface area contributed by atoms with Crippen LogP contribution in [0.25, 0.3) is 0 Å². The molecule has 4 nitrogen and oxygen atoms in total. The van der Waals surface area contributed by atoms with Gasteiger partial charge in [0.2, 0.25) is 0 Å². The van der Waals surface area contributed by atoms with Crippen LogP contribution in [0.5, 0.6) is 0 Å². The number of ether oxygens (including phenoxy) is 1. The molecule has 0 aliphatic carbocycles. The normalized spacial score (nSPS) is 12.8. The molecule has 1 radical (unpaired) electrons. The van der Waals surface area contributed by atoms with Crippen molar-refractivity contribution in [3.05, 3.63) is 6.92 Å². The van der Waals surface area contributed by atoms with Gasteiger partial charge in [0, 0.05) is 6.61 Å². The molecule has 0 amide bonds. The van der Waals surface area contributed by atoms with Crippen LogP contribution in [0.4, 0.5) is 0 Å². The van der Waals surface area contributed by atoms with Crippen molar-refractivity contribution in [2.24, 2.45) is 0 Å². The molecule has 0 heterocycles. The van der Waals surface area contributed by atoms with Crippen molar-refractivity contribution in [2.75, 3.05) is 13.0 Å². The Bertz CT molecular complexity index is 177. The zero-order valence-corrected chi connectivity index (χ0v) is 10.3. The Morgan fingerprint density at radius 2 is 1.57 bits per heavy atom. The van der Waals surface area contributed by atoms with Gasteiger partial charge in [0.05, 0.1) is 12.2 Å². The highest BCUT2D eigenvalue weighted by molar-refractivity contribution is 7.53. The molecule has 0 aromatic rings. The van der Waals surface area contributed by atoms with Crippen LogP contribution in [0.3, 0.4) is 0 Å². The third-order valence-corrected chi connectivity index (χ3v) is 3.12. The van der Waals surface area contributed by atoms with Gasteiger partial charge < -0.3 is 13.8 Å². The standard InChI is InChI=1S/C9H20O4P/c1-6-11-7-14(10,12-8(2)3)13-9(4)5/h8-9H,1,6-7H2,2-5H3. The summed E-state index contributed by atoms with van der Waals surface area (Å²) in [5, 5.41) is 0. The Kier molecular flexibility index (Phi) is 6.62. The third-order valence-electron chi connectivity index (χ3n) is 1.14. The molecule has 0 N–H and O–H groups in total. The highest BCUT2D eigenvalue weighted by Gasteiger charge is 2.27. The van der Waals surface area contributed by atoms with Crippen molar-refractivity contribution in [1.82, 2.24) is 0 Å². The minimum atomic E-state index is -3.11. The average Bonchev–Trinajstić information content (AvgIpc) is 1.97. The van der Waals surface area contributed by atoms with Crippen molar-refractivity contribution >= 4 is 7.60 Å². The Labute approximate surface area is 86.5 Å². The van der Waals surface area contributed by atoms with Gasteiger partial charge in [0.1, 0.15) is 6.35 Å². The Morgan fingerprint density at radius 3 is 1.86 bits per heavy atom. The summed E-state index contributed by atoms with van der Waals surface area (Å²) < 4.78 is 27.4. The smallest absolute Gasteiger partial charge is 0.356 e. The van der Waals surface area contributed by atoms with Gasteiger partial charge in [0.25, 0.3) is 0 Å². The van der Waals surface area contributed by atoms with E-state index < -0.39 is 7.60 Å². The summed E-state index contributed by atoms with van der Waals surface area (Å²) in [4.78, 5) is 0. The van der Waals surface area contributed by atoms with E-state index in [1.165, 1.54) is 0 Å². The maximum absolute atomic E-state index is 12.0. The minimum Gasteiger partial charge on any atom is -0.369 e. The molecule has 0 aliphatic rings. The molecule has 0 aromatic heterocycles.